The van der Waals surface area contributed by atoms with E-state index >= 15 is 0 Å². The highest BCUT2D eigenvalue weighted by Gasteiger charge is 2.13. The van der Waals surface area contributed by atoms with Crippen LogP contribution in [0.5, 0.6) is 0 Å². The molecule has 7 heteroatoms. The minimum absolute atomic E-state index is 0.0444. The topological polar surface area (TPSA) is 54.9 Å². The lowest BCUT2D eigenvalue weighted by Crippen LogP contribution is -2.27. The van der Waals surface area contributed by atoms with Crippen LogP contribution in [0.25, 0.3) is 10.2 Å². The lowest BCUT2D eigenvalue weighted by Gasteiger charge is -2.05. The van der Waals surface area contributed by atoms with Gasteiger partial charge in [0, 0.05) is 21.7 Å². The van der Waals surface area contributed by atoms with Gasteiger partial charge in [0.15, 0.2) is 0 Å². The van der Waals surface area contributed by atoms with Crippen molar-refractivity contribution >= 4 is 50.6 Å². The van der Waals surface area contributed by atoms with Crippen LogP contribution in [-0.2, 0) is 11.2 Å². The molecule has 3 rings (SSSR count). The van der Waals surface area contributed by atoms with E-state index in [4.69, 9.17) is 0 Å². The van der Waals surface area contributed by atoms with Crippen molar-refractivity contribution in [2.75, 3.05) is 12.3 Å². The van der Waals surface area contributed by atoms with E-state index in [9.17, 15) is 4.79 Å². The van der Waals surface area contributed by atoms with Crippen LogP contribution in [0, 0.1) is 13.8 Å². The number of rotatable bonds is 6. The zero-order valence-electron chi connectivity index (χ0n) is 13.0. The molecule has 0 bridgehead atoms. The van der Waals surface area contributed by atoms with Crippen molar-refractivity contribution in [3.05, 3.63) is 39.2 Å². The van der Waals surface area contributed by atoms with Gasteiger partial charge in [-0.05, 0) is 37.3 Å². The third-order valence-corrected chi connectivity index (χ3v) is 6.59. The van der Waals surface area contributed by atoms with E-state index in [2.05, 4.69) is 40.6 Å². The number of hydrogen-bond donors (Lipinski definition) is 1. The zero-order valence-corrected chi connectivity index (χ0v) is 15.4. The normalized spacial score (nSPS) is 11.0. The Morgan fingerprint density at radius 1 is 1.35 bits per heavy atom. The molecule has 0 spiro atoms. The third-order valence-electron chi connectivity index (χ3n) is 3.54. The molecule has 1 amide bonds. The molecule has 0 aliphatic rings. The number of aromatic nitrogens is 2. The Labute approximate surface area is 147 Å². The second kappa shape index (κ2) is 7.42. The van der Waals surface area contributed by atoms with Crippen LogP contribution in [0.4, 0.5) is 0 Å². The lowest BCUT2D eigenvalue weighted by atomic mass is 10.2. The number of thioether (sulfide) groups is 1. The van der Waals surface area contributed by atoms with Gasteiger partial charge in [0.1, 0.15) is 16.2 Å². The standard InChI is InChI=1S/C16H17N3OS3/c1-10-11(2)23-16-14(10)15(18-9-19-16)22-8-13(20)17-6-5-12-4-3-7-21-12/h3-4,7,9H,5-6,8H2,1-2H3,(H,17,20). The van der Waals surface area contributed by atoms with Crippen molar-refractivity contribution in [2.45, 2.75) is 25.3 Å². The number of nitrogens with zero attached hydrogens (tertiary/aromatic N) is 2. The van der Waals surface area contributed by atoms with E-state index < -0.39 is 0 Å². The molecule has 0 aliphatic carbocycles. The van der Waals surface area contributed by atoms with Gasteiger partial charge in [-0.1, -0.05) is 17.8 Å². The summed E-state index contributed by atoms with van der Waals surface area (Å²) in [6.07, 6.45) is 2.46. The maximum atomic E-state index is 12.0. The highest BCUT2D eigenvalue weighted by molar-refractivity contribution is 8.00. The van der Waals surface area contributed by atoms with E-state index in [1.165, 1.54) is 27.1 Å². The first-order chi connectivity index (χ1) is 11.1. The summed E-state index contributed by atoms with van der Waals surface area (Å²) < 4.78 is 0. The van der Waals surface area contributed by atoms with Crippen molar-refractivity contribution in [1.29, 1.82) is 0 Å². The molecule has 23 heavy (non-hydrogen) atoms. The van der Waals surface area contributed by atoms with Gasteiger partial charge in [-0.3, -0.25) is 4.79 Å². The number of carbonyl (C=O) groups is 1. The predicted molar refractivity (Wildman–Crippen MR) is 98.6 cm³/mol. The van der Waals surface area contributed by atoms with Crippen LogP contribution >= 0.6 is 34.4 Å². The second-order valence-electron chi connectivity index (χ2n) is 5.11. The SMILES string of the molecule is Cc1sc2ncnc(SCC(=O)NCCc3cccs3)c2c1C. The molecular weight excluding hydrogens is 346 g/mol. The molecular formula is C16H17N3OS3. The highest BCUT2D eigenvalue weighted by Crippen LogP contribution is 2.34. The van der Waals surface area contributed by atoms with Gasteiger partial charge in [-0.25, -0.2) is 9.97 Å². The summed E-state index contributed by atoms with van der Waals surface area (Å²) in [7, 11) is 0. The van der Waals surface area contributed by atoms with Gasteiger partial charge in [0.05, 0.1) is 5.75 Å². The predicted octanol–water partition coefficient (Wildman–Crippen LogP) is 3.82. The van der Waals surface area contributed by atoms with E-state index in [-0.39, 0.29) is 5.91 Å². The molecule has 0 radical (unpaired) electrons. The van der Waals surface area contributed by atoms with Gasteiger partial charge in [0.25, 0.3) is 0 Å². The van der Waals surface area contributed by atoms with Gasteiger partial charge >= 0.3 is 0 Å². The average Bonchev–Trinajstić information content (AvgIpc) is 3.15. The summed E-state index contributed by atoms with van der Waals surface area (Å²) in [4.78, 5) is 24.2. The highest BCUT2D eigenvalue weighted by atomic mass is 32.2. The van der Waals surface area contributed by atoms with Gasteiger partial charge < -0.3 is 5.32 Å². The van der Waals surface area contributed by atoms with Gasteiger partial charge in [-0.15, -0.1) is 22.7 Å². The van der Waals surface area contributed by atoms with Crippen LogP contribution in [0.15, 0.2) is 28.9 Å². The van der Waals surface area contributed by atoms with Gasteiger partial charge in [0.2, 0.25) is 5.91 Å². The van der Waals surface area contributed by atoms with Crippen LogP contribution in [0.1, 0.15) is 15.3 Å². The van der Waals surface area contributed by atoms with E-state index in [0.717, 1.165) is 21.7 Å². The van der Waals surface area contributed by atoms with Crippen LogP contribution in [0.2, 0.25) is 0 Å². The first-order valence-corrected chi connectivity index (χ1v) is 9.96. The van der Waals surface area contributed by atoms with E-state index in [1.807, 2.05) is 6.07 Å². The molecule has 4 nitrogen and oxygen atoms in total. The lowest BCUT2D eigenvalue weighted by molar-refractivity contribution is -0.118. The van der Waals surface area contributed by atoms with Crippen LogP contribution < -0.4 is 5.32 Å². The maximum Gasteiger partial charge on any atom is 0.230 e. The van der Waals surface area contributed by atoms with Crippen molar-refractivity contribution in [2.24, 2.45) is 0 Å². The van der Waals surface area contributed by atoms with Gasteiger partial charge in [-0.2, -0.15) is 0 Å². The molecule has 3 aromatic rings. The first-order valence-electron chi connectivity index (χ1n) is 7.27. The Hall–Kier alpha value is -1.44. The summed E-state index contributed by atoms with van der Waals surface area (Å²) in [5, 5.41) is 7.00. The minimum atomic E-state index is 0.0444. The van der Waals surface area contributed by atoms with Crippen LogP contribution in [-0.4, -0.2) is 28.2 Å². The summed E-state index contributed by atoms with van der Waals surface area (Å²) >= 11 is 4.87. The van der Waals surface area contributed by atoms with Crippen molar-refractivity contribution in [3.63, 3.8) is 0 Å². The number of fused-ring (bicyclic) bond motifs is 1. The fourth-order valence-corrected chi connectivity index (χ4v) is 4.88. The number of amides is 1. The zero-order chi connectivity index (χ0) is 16.2. The maximum absolute atomic E-state index is 12.0. The molecule has 3 aromatic heterocycles. The molecule has 1 N–H and O–H groups in total. The fourth-order valence-electron chi connectivity index (χ4n) is 2.22. The number of aryl methyl sites for hydroxylation is 2. The second-order valence-corrected chi connectivity index (χ2v) is 8.31. The Bertz CT molecular complexity index is 811. The molecule has 0 aromatic carbocycles. The molecule has 0 unspecified atom stereocenters. The molecule has 0 atom stereocenters. The Morgan fingerprint density at radius 2 is 2.22 bits per heavy atom. The molecule has 120 valence electrons. The largest absolute Gasteiger partial charge is 0.355 e. The Balaban J connectivity index is 1.56. The summed E-state index contributed by atoms with van der Waals surface area (Å²) in [5.74, 6) is 0.424. The molecule has 0 fully saturated rings. The van der Waals surface area contributed by atoms with E-state index in [1.54, 1.807) is 29.0 Å². The molecule has 0 saturated carbocycles. The van der Waals surface area contributed by atoms with Crippen molar-refractivity contribution in [1.82, 2.24) is 15.3 Å². The van der Waals surface area contributed by atoms with Crippen molar-refractivity contribution < 1.29 is 4.79 Å². The first kappa shape index (κ1) is 16.4. The number of carbonyl (C=O) groups excluding carboxylic acids is 1. The summed E-state index contributed by atoms with van der Waals surface area (Å²) in [6.45, 7) is 4.85. The summed E-state index contributed by atoms with van der Waals surface area (Å²) in [6, 6.07) is 4.12. The Morgan fingerprint density at radius 3 is 3.00 bits per heavy atom. The summed E-state index contributed by atoms with van der Waals surface area (Å²) in [5.41, 5.74) is 1.21. The fraction of sp³-hybridized carbons (Fsp3) is 0.312. The number of nitrogens with one attached hydrogen (secondary N) is 1. The Kier molecular flexibility index (Phi) is 5.30. The van der Waals surface area contributed by atoms with Crippen molar-refractivity contribution in [3.8, 4) is 0 Å². The molecule has 0 aliphatic heterocycles. The third kappa shape index (κ3) is 3.91. The number of thiophene rings is 2. The monoisotopic (exact) mass is 363 g/mol. The smallest absolute Gasteiger partial charge is 0.230 e. The minimum Gasteiger partial charge on any atom is -0.355 e. The van der Waals surface area contributed by atoms with E-state index in [0.29, 0.717) is 12.3 Å². The van der Waals surface area contributed by atoms with Crippen LogP contribution in [0.3, 0.4) is 0 Å². The molecule has 0 saturated heterocycles. The quantitative estimate of drug-likeness (QED) is 0.534. The average molecular weight is 364 g/mol. The number of hydrogen-bond acceptors (Lipinski definition) is 6. The molecule has 3 heterocycles.